The van der Waals surface area contributed by atoms with Gasteiger partial charge in [-0.05, 0) is 43.0 Å². The third-order valence-corrected chi connectivity index (χ3v) is 9.61. The summed E-state index contributed by atoms with van der Waals surface area (Å²) in [7, 11) is 3.45. The number of imidazole rings is 1. The second kappa shape index (κ2) is 9.22. The van der Waals surface area contributed by atoms with E-state index in [1.54, 1.807) is 51.2 Å². The van der Waals surface area contributed by atoms with Gasteiger partial charge in [0.05, 0.1) is 47.1 Å². The van der Waals surface area contributed by atoms with Gasteiger partial charge in [0.2, 0.25) is 5.91 Å². The van der Waals surface area contributed by atoms with E-state index >= 15 is 0 Å². The molecule has 1 unspecified atom stereocenters. The number of halogens is 3. The van der Waals surface area contributed by atoms with Crippen molar-refractivity contribution in [1.29, 1.82) is 0 Å². The van der Waals surface area contributed by atoms with Crippen LogP contribution in [0, 0.1) is 0 Å². The molecule has 2 fully saturated rings. The number of H-pyrrole nitrogens is 1. The summed E-state index contributed by atoms with van der Waals surface area (Å²) in [6, 6.07) is 5.88. The highest BCUT2D eigenvalue weighted by atomic mass is 19.4. The number of aromatic amines is 1. The van der Waals surface area contributed by atoms with Gasteiger partial charge in [-0.2, -0.15) is 18.3 Å². The summed E-state index contributed by atoms with van der Waals surface area (Å²) in [5, 5.41) is 5.89. The first-order valence-corrected chi connectivity index (χ1v) is 14.6. The Hall–Kier alpha value is -5.08. The zero-order valence-corrected chi connectivity index (χ0v) is 24.4. The number of likely N-dealkylation sites (N-methyl/N-ethyl adjacent to an activating group) is 1. The molecular weight excluding hydrogens is 591 g/mol. The number of hydrogen-bond acceptors (Lipinski definition) is 6. The van der Waals surface area contributed by atoms with Crippen molar-refractivity contribution in [1.82, 2.24) is 33.6 Å². The monoisotopic (exact) mass is 619 g/mol. The Morgan fingerprint density at radius 3 is 2.69 bits per heavy atom. The molecule has 1 aromatic carbocycles. The number of benzene rings is 1. The van der Waals surface area contributed by atoms with E-state index in [0.717, 1.165) is 22.5 Å². The maximum Gasteiger partial charge on any atom is 0.417 e. The van der Waals surface area contributed by atoms with Gasteiger partial charge >= 0.3 is 17.9 Å². The molecule has 3 aliphatic heterocycles. The molecule has 2 amide bonds. The molecule has 3 aliphatic rings. The van der Waals surface area contributed by atoms with Crippen molar-refractivity contribution in [3.8, 4) is 11.1 Å². The minimum absolute atomic E-state index is 0.0507. The van der Waals surface area contributed by atoms with Gasteiger partial charge in [0.15, 0.2) is 0 Å². The fourth-order valence-electron chi connectivity index (χ4n) is 7.56. The van der Waals surface area contributed by atoms with Crippen molar-refractivity contribution in [2.45, 2.75) is 37.4 Å². The maximum atomic E-state index is 14.8. The van der Waals surface area contributed by atoms with Crippen molar-refractivity contribution in [3.05, 3.63) is 64.7 Å². The lowest BCUT2D eigenvalue weighted by Crippen LogP contribution is -2.52. The Morgan fingerprint density at radius 2 is 1.93 bits per heavy atom. The molecule has 0 saturated carbocycles. The topological polar surface area (TPSA) is 117 Å². The van der Waals surface area contributed by atoms with E-state index in [1.807, 2.05) is 11.0 Å². The number of carbonyl (C=O) groups excluding carboxylic acids is 2. The lowest BCUT2D eigenvalue weighted by Gasteiger charge is -2.34. The van der Waals surface area contributed by atoms with Crippen molar-refractivity contribution >= 4 is 40.0 Å². The van der Waals surface area contributed by atoms with Gasteiger partial charge in [0.25, 0.3) is 0 Å². The molecule has 0 radical (unpaired) electrons. The largest absolute Gasteiger partial charge is 0.417 e. The third kappa shape index (κ3) is 3.82. The van der Waals surface area contributed by atoms with Crippen LogP contribution in [-0.2, 0) is 24.4 Å². The maximum absolute atomic E-state index is 14.8. The summed E-state index contributed by atoms with van der Waals surface area (Å²) in [6.45, 7) is 0.999. The van der Waals surface area contributed by atoms with Gasteiger partial charge in [-0.15, -0.1) is 0 Å². The first-order valence-electron chi connectivity index (χ1n) is 14.6. The SMILES string of the molecule is CN1CCc2cc(N3CC4(CCCN4C(=O)n4cn[nH]c4=O)CC3=O)n3cccc(c23)-c2c(C(F)(F)F)cc3c(ncn3C)c21. The predicted molar refractivity (Wildman–Crippen MR) is 158 cm³/mol. The number of hydrogen-bond donors (Lipinski definition) is 1. The van der Waals surface area contributed by atoms with Gasteiger partial charge in [0, 0.05) is 44.5 Å². The first kappa shape index (κ1) is 27.5. The van der Waals surface area contributed by atoms with Crippen molar-refractivity contribution < 1.29 is 22.8 Å². The Morgan fingerprint density at radius 1 is 1.11 bits per heavy atom. The Labute approximate surface area is 253 Å². The minimum atomic E-state index is -4.64. The van der Waals surface area contributed by atoms with E-state index in [1.165, 1.54) is 6.33 Å². The van der Waals surface area contributed by atoms with Crippen LogP contribution in [0.2, 0.25) is 0 Å². The lowest BCUT2D eigenvalue weighted by atomic mass is 9.92. The second-order valence-electron chi connectivity index (χ2n) is 12.2. The van der Waals surface area contributed by atoms with Crippen LogP contribution >= 0.6 is 0 Å². The van der Waals surface area contributed by atoms with Gasteiger partial charge < -0.3 is 18.8 Å². The highest BCUT2D eigenvalue weighted by Crippen LogP contribution is 2.49. The van der Waals surface area contributed by atoms with Gasteiger partial charge in [-0.25, -0.2) is 24.2 Å². The number of fused-ring (bicyclic) bond motifs is 4. The van der Waals surface area contributed by atoms with Gasteiger partial charge in [-0.1, -0.05) is 6.07 Å². The summed E-state index contributed by atoms with van der Waals surface area (Å²) in [5.41, 5.74) is 0.899. The number of aromatic nitrogens is 6. The summed E-state index contributed by atoms with van der Waals surface area (Å²) in [5.74, 6) is 0.325. The van der Waals surface area contributed by atoms with E-state index in [9.17, 15) is 27.6 Å². The van der Waals surface area contributed by atoms with Crippen LogP contribution in [0.1, 0.15) is 30.4 Å². The molecule has 232 valence electrons. The summed E-state index contributed by atoms with van der Waals surface area (Å²) in [4.78, 5) is 48.8. The van der Waals surface area contributed by atoms with E-state index in [-0.39, 0.29) is 24.4 Å². The molecule has 15 heteroatoms. The number of likely N-dealkylation sites (tertiary alicyclic amines) is 1. The van der Waals surface area contributed by atoms with Crippen LogP contribution in [0.25, 0.3) is 27.7 Å². The van der Waals surface area contributed by atoms with Crippen molar-refractivity contribution in [3.63, 3.8) is 0 Å². The average Bonchev–Trinajstić information content (AvgIpc) is 3.82. The highest BCUT2D eigenvalue weighted by Gasteiger charge is 2.53. The van der Waals surface area contributed by atoms with Gasteiger partial charge in [0.1, 0.15) is 17.7 Å². The third-order valence-electron chi connectivity index (χ3n) is 9.61. The quantitative estimate of drug-likeness (QED) is 0.307. The first-order chi connectivity index (χ1) is 21.5. The number of aryl methyl sites for hydroxylation is 1. The normalized spacial score (nSPS) is 20.1. The number of rotatable bonds is 1. The molecule has 0 aliphatic carbocycles. The standard InChI is InChI=1S/C30H28F3N9O3/c1-37-10-6-17-11-21(40-14-29(13-22(40)43)7-4-9-42(29)28(45)41-16-35-36-27(41)44)39-8-3-5-18(25(17)39)23-19(30(31,32)33)12-20-24(26(23)37)34-15-38(20)2/h3,5,8,11-12,15-16H,4,6-7,9-10,13-14H2,1-2H3,(H,36,44). The molecule has 2 saturated heterocycles. The van der Waals surface area contributed by atoms with Crippen molar-refractivity contribution in [2.75, 3.05) is 36.5 Å². The number of nitrogens with zero attached hydrogens (tertiary/aromatic N) is 8. The molecule has 45 heavy (non-hydrogen) atoms. The van der Waals surface area contributed by atoms with E-state index < -0.39 is 29.0 Å². The zero-order valence-electron chi connectivity index (χ0n) is 24.4. The van der Waals surface area contributed by atoms with Crippen LogP contribution in [0.15, 0.2) is 47.9 Å². The Kier molecular flexibility index (Phi) is 5.63. The van der Waals surface area contributed by atoms with Crippen LogP contribution in [0.5, 0.6) is 0 Å². The Balaban J connectivity index is 1.29. The molecule has 4 aromatic heterocycles. The van der Waals surface area contributed by atoms with Crippen molar-refractivity contribution in [2.24, 2.45) is 7.05 Å². The molecule has 1 atom stereocenters. The minimum Gasteiger partial charge on any atom is -0.372 e. The van der Waals surface area contributed by atoms with E-state index in [2.05, 4.69) is 15.2 Å². The molecule has 7 heterocycles. The number of alkyl halides is 3. The number of carbonyl (C=O) groups is 2. The highest BCUT2D eigenvalue weighted by molar-refractivity contribution is 6.05. The smallest absolute Gasteiger partial charge is 0.372 e. The summed E-state index contributed by atoms with van der Waals surface area (Å²) >= 11 is 0. The van der Waals surface area contributed by atoms with Crippen LogP contribution in [0.3, 0.4) is 0 Å². The average molecular weight is 620 g/mol. The molecular formula is C30H28F3N9O3. The number of anilines is 2. The molecule has 1 N–H and O–H groups in total. The second-order valence-corrected chi connectivity index (χ2v) is 12.2. The number of amides is 2. The fourth-order valence-corrected chi connectivity index (χ4v) is 7.56. The van der Waals surface area contributed by atoms with Crippen LogP contribution in [-0.4, -0.2) is 77.8 Å². The summed E-state index contributed by atoms with van der Waals surface area (Å²) in [6.07, 6.45) is 1.58. The summed E-state index contributed by atoms with van der Waals surface area (Å²) < 4.78 is 48.7. The Bertz CT molecular complexity index is 2120. The van der Waals surface area contributed by atoms with Gasteiger partial charge in [-0.3, -0.25) is 9.69 Å². The van der Waals surface area contributed by atoms with Crippen LogP contribution in [0.4, 0.5) is 29.5 Å². The molecule has 8 rings (SSSR count). The van der Waals surface area contributed by atoms with Crippen LogP contribution < -0.4 is 15.5 Å². The molecule has 5 aromatic rings. The number of pyridine rings is 1. The predicted octanol–water partition coefficient (Wildman–Crippen LogP) is 3.63. The fraction of sp³-hybridized carbons (Fsp3) is 0.367. The lowest BCUT2D eigenvalue weighted by molar-refractivity contribution is -0.137. The zero-order chi connectivity index (χ0) is 31.4. The molecule has 12 nitrogen and oxygen atoms in total. The number of nitrogens with one attached hydrogen (secondary N) is 1. The molecule has 1 spiro atoms. The van der Waals surface area contributed by atoms with E-state index in [0.29, 0.717) is 66.0 Å². The molecule has 0 bridgehead atoms. The van der Waals surface area contributed by atoms with E-state index in [4.69, 9.17) is 0 Å².